The van der Waals surface area contributed by atoms with Crippen molar-refractivity contribution in [3.05, 3.63) is 41.6 Å². The molecule has 0 aromatic carbocycles. The summed E-state index contributed by atoms with van der Waals surface area (Å²) in [5, 5.41) is 21.7. The number of nitrogens with zero attached hydrogens (tertiary/aromatic N) is 5. The summed E-state index contributed by atoms with van der Waals surface area (Å²) in [7, 11) is 1.88. The Morgan fingerprint density at radius 3 is 3.00 bits per heavy atom. The van der Waals surface area contributed by atoms with Crippen LogP contribution in [0.25, 0.3) is 5.65 Å². The number of rotatable bonds is 3. The number of β-amino-alcohol motifs (C(OH)–C–C–N with tert-alkyl or cyclic N) is 1. The van der Waals surface area contributed by atoms with Crippen molar-refractivity contribution in [3.8, 4) is 0 Å². The number of imidazole rings is 1. The average molecular weight is 328 g/mol. The fourth-order valence-electron chi connectivity index (χ4n) is 3.44. The van der Waals surface area contributed by atoms with E-state index in [0.29, 0.717) is 25.1 Å². The number of carbonyl (C=O) groups excluding carboxylic acids is 1. The molecular formula is C16H20N6O2. The first kappa shape index (κ1) is 14.9. The van der Waals surface area contributed by atoms with Crippen LogP contribution < -0.4 is 0 Å². The number of H-pyrrole nitrogens is 1. The summed E-state index contributed by atoms with van der Waals surface area (Å²) in [6.45, 7) is 2.81. The van der Waals surface area contributed by atoms with Gasteiger partial charge in [0.1, 0.15) is 11.2 Å². The molecule has 126 valence electrons. The van der Waals surface area contributed by atoms with E-state index in [9.17, 15) is 9.90 Å². The zero-order valence-electron chi connectivity index (χ0n) is 13.7. The predicted molar refractivity (Wildman–Crippen MR) is 86.6 cm³/mol. The number of likely N-dealkylation sites (tertiary alicyclic amines) is 1. The van der Waals surface area contributed by atoms with Crippen molar-refractivity contribution < 1.29 is 9.90 Å². The molecule has 0 unspecified atom stereocenters. The van der Waals surface area contributed by atoms with Crippen LogP contribution in [-0.4, -0.2) is 59.5 Å². The van der Waals surface area contributed by atoms with Crippen molar-refractivity contribution in [2.24, 2.45) is 13.0 Å². The normalized spacial score (nSPS) is 21.0. The van der Waals surface area contributed by atoms with Gasteiger partial charge < -0.3 is 14.6 Å². The summed E-state index contributed by atoms with van der Waals surface area (Å²) in [5.41, 5.74) is 3.24. The molecule has 0 saturated carbocycles. The summed E-state index contributed by atoms with van der Waals surface area (Å²) >= 11 is 0. The smallest absolute Gasteiger partial charge is 0.259 e. The molecule has 0 bridgehead atoms. The van der Waals surface area contributed by atoms with Gasteiger partial charge in [-0.05, 0) is 19.4 Å². The molecular weight excluding hydrogens is 308 g/mol. The molecule has 8 heteroatoms. The van der Waals surface area contributed by atoms with Gasteiger partial charge in [-0.25, -0.2) is 4.52 Å². The highest BCUT2D eigenvalue weighted by molar-refractivity contribution is 6.00. The maximum atomic E-state index is 12.8. The monoisotopic (exact) mass is 328 g/mol. The summed E-state index contributed by atoms with van der Waals surface area (Å²) in [6.07, 6.45) is 5.39. The first-order chi connectivity index (χ1) is 11.5. The lowest BCUT2D eigenvalue weighted by molar-refractivity contribution is 0.0766. The Balaban J connectivity index is 1.52. The third-order valence-corrected chi connectivity index (χ3v) is 4.69. The van der Waals surface area contributed by atoms with Gasteiger partial charge in [-0.1, -0.05) is 0 Å². The average Bonchev–Trinajstić information content (AvgIpc) is 3.28. The maximum Gasteiger partial charge on any atom is 0.259 e. The molecule has 3 aromatic heterocycles. The predicted octanol–water partition coefficient (Wildman–Crippen LogP) is 0.380. The van der Waals surface area contributed by atoms with E-state index in [0.717, 1.165) is 17.0 Å². The van der Waals surface area contributed by atoms with E-state index in [1.165, 1.54) is 0 Å². The molecule has 0 aliphatic carbocycles. The molecule has 0 radical (unpaired) electrons. The van der Waals surface area contributed by atoms with E-state index in [4.69, 9.17) is 0 Å². The van der Waals surface area contributed by atoms with Crippen LogP contribution in [0.2, 0.25) is 0 Å². The molecule has 4 heterocycles. The molecule has 24 heavy (non-hydrogen) atoms. The lowest BCUT2D eigenvalue weighted by atomic mass is 10.0. The third kappa shape index (κ3) is 2.39. The quantitative estimate of drug-likeness (QED) is 0.727. The number of aliphatic hydroxyl groups is 1. The molecule has 8 nitrogen and oxygen atoms in total. The number of hydrogen-bond donors (Lipinski definition) is 2. The molecule has 3 aromatic rings. The molecule has 1 fully saturated rings. The largest absolute Gasteiger partial charge is 0.391 e. The second kappa shape index (κ2) is 5.48. The number of carbonyl (C=O) groups is 1. The zero-order valence-corrected chi connectivity index (χ0v) is 13.7. The highest BCUT2D eigenvalue weighted by atomic mass is 16.3. The molecule has 1 aliphatic heterocycles. The molecule has 1 amide bonds. The van der Waals surface area contributed by atoms with Crippen LogP contribution in [-0.2, 0) is 13.5 Å². The Bertz CT molecular complexity index is 892. The molecule has 2 N–H and O–H groups in total. The number of aliphatic hydroxyl groups excluding tert-OH is 1. The number of amides is 1. The van der Waals surface area contributed by atoms with Crippen molar-refractivity contribution in [2.45, 2.75) is 19.4 Å². The van der Waals surface area contributed by atoms with Gasteiger partial charge in [0.05, 0.1) is 18.0 Å². The Morgan fingerprint density at radius 2 is 2.25 bits per heavy atom. The van der Waals surface area contributed by atoms with E-state index >= 15 is 0 Å². The SMILES string of the molecule is Cc1cc(C[C@@H]2CN(C(=O)c3cnn4ccn(C)c34)C[C@H]2O)n[nH]1. The standard InChI is InChI=1S/C16H20N6O2/c1-10-5-12(19-18-10)6-11-8-21(9-14(11)23)16(24)13-7-17-22-4-3-20(2)15(13)22/h3-5,7,11,14,23H,6,8-9H2,1-2H3,(H,18,19)/t11-,14-/m1/s1. The minimum absolute atomic E-state index is 0.00359. The fourth-order valence-corrected chi connectivity index (χ4v) is 3.44. The number of fused-ring (bicyclic) bond motifs is 1. The van der Waals surface area contributed by atoms with Crippen LogP contribution in [0.3, 0.4) is 0 Å². The minimum Gasteiger partial charge on any atom is -0.391 e. The lowest BCUT2D eigenvalue weighted by Crippen LogP contribution is -2.29. The van der Waals surface area contributed by atoms with Crippen LogP contribution in [0.4, 0.5) is 0 Å². The fraction of sp³-hybridized carbons (Fsp3) is 0.438. The number of aromatic nitrogens is 5. The molecule has 0 spiro atoms. The second-order valence-corrected chi connectivity index (χ2v) is 6.52. The topological polar surface area (TPSA) is 91.4 Å². The van der Waals surface area contributed by atoms with Gasteiger partial charge in [-0.3, -0.25) is 9.89 Å². The molecule has 1 saturated heterocycles. The van der Waals surface area contributed by atoms with Crippen LogP contribution in [0.5, 0.6) is 0 Å². The summed E-state index contributed by atoms with van der Waals surface area (Å²) in [5.74, 6) is -0.0947. The van der Waals surface area contributed by atoms with Gasteiger partial charge in [0.15, 0.2) is 0 Å². The van der Waals surface area contributed by atoms with E-state index in [-0.39, 0.29) is 11.8 Å². The number of aromatic amines is 1. The van der Waals surface area contributed by atoms with Crippen molar-refractivity contribution in [3.63, 3.8) is 0 Å². The van der Waals surface area contributed by atoms with E-state index in [2.05, 4.69) is 15.3 Å². The molecule has 4 rings (SSSR count). The lowest BCUT2D eigenvalue weighted by Gasteiger charge is -2.15. The summed E-state index contributed by atoms with van der Waals surface area (Å²) in [6, 6.07) is 1.97. The van der Waals surface area contributed by atoms with Crippen molar-refractivity contribution in [1.82, 2.24) is 29.3 Å². The summed E-state index contributed by atoms with van der Waals surface area (Å²) < 4.78 is 3.56. The third-order valence-electron chi connectivity index (χ3n) is 4.69. The zero-order chi connectivity index (χ0) is 16.8. The van der Waals surface area contributed by atoms with Gasteiger partial charge in [0.2, 0.25) is 0 Å². The van der Waals surface area contributed by atoms with E-state index in [1.54, 1.807) is 15.6 Å². The van der Waals surface area contributed by atoms with Crippen LogP contribution >= 0.6 is 0 Å². The molecule has 2 atom stereocenters. The highest BCUT2D eigenvalue weighted by Gasteiger charge is 2.35. The minimum atomic E-state index is -0.537. The first-order valence-electron chi connectivity index (χ1n) is 8.00. The number of hydrogen-bond acceptors (Lipinski definition) is 4. The van der Waals surface area contributed by atoms with Crippen molar-refractivity contribution >= 4 is 11.6 Å². The summed E-state index contributed by atoms with van der Waals surface area (Å²) in [4.78, 5) is 14.6. The van der Waals surface area contributed by atoms with Crippen LogP contribution in [0.1, 0.15) is 21.7 Å². The Morgan fingerprint density at radius 1 is 1.42 bits per heavy atom. The maximum absolute atomic E-state index is 12.8. The van der Waals surface area contributed by atoms with E-state index in [1.807, 2.05) is 37.0 Å². The van der Waals surface area contributed by atoms with Crippen LogP contribution in [0.15, 0.2) is 24.7 Å². The Hall–Kier alpha value is -2.61. The number of aryl methyl sites for hydroxylation is 2. The van der Waals surface area contributed by atoms with Crippen LogP contribution in [0, 0.1) is 12.8 Å². The van der Waals surface area contributed by atoms with Gasteiger partial charge in [0.25, 0.3) is 5.91 Å². The molecule has 1 aliphatic rings. The highest BCUT2D eigenvalue weighted by Crippen LogP contribution is 2.24. The van der Waals surface area contributed by atoms with Gasteiger partial charge in [0, 0.05) is 44.1 Å². The van der Waals surface area contributed by atoms with Gasteiger partial charge in [-0.2, -0.15) is 10.2 Å². The van der Waals surface area contributed by atoms with Crippen molar-refractivity contribution in [2.75, 3.05) is 13.1 Å². The Labute approximate surface area is 138 Å². The first-order valence-corrected chi connectivity index (χ1v) is 8.00. The second-order valence-electron chi connectivity index (χ2n) is 6.52. The van der Waals surface area contributed by atoms with Crippen molar-refractivity contribution in [1.29, 1.82) is 0 Å². The van der Waals surface area contributed by atoms with Gasteiger partial charge >= 0.3 is 0 Å². The number of nitrogens with one attached hydrogen (secondary N) is 1. The van der Waals surface area contributed by atoms with E-state index < -0.39 is 6.10 Å². The van der Waals surface area contributed by atoms with Gasteiger partial charge in [-0.15, -0.1) is 0 Å². The Kier molecular flexibility index (Phi) is 3.42.